The van der Waals surface area contributed by atoms with Crippen molar-refractivity contribution in [1.29, 1.82) is 0 Å². The van der Waals surface area contributed by atoms with E-state index in [-0.39, 0.29) is 29.0 Å². The first-order valence-electron chi connectivity index (χ1n) is 10.1. The minimum absolute atomic E-state index is 0.0713. The van der Waals surface area contributed by atoms with Crippen LogP contribution in [0.1, 0.15) is 53.7 Å². The molecule has 0 atom stereocenters. The first kappa shape index (κ1) is 21.8. The molecule has 0 bridgehead atoms. The third-order valence-corrected chi connectivity index (χ3v) is 5.56. The molecule has 1 aromatic carbocycles. The van der Waals surface area contributed by atoms with Crippen molar-refractivity contribution in [2.45, 2.75) is 37.8 Å². The van der Waals surface area contributed by atoms with Gasteiger partial charge in [0, 0.05) is 24.0 Å². The van der Waals surface area contributed by atoms with Gasteiger partial charge in [0.15, 0.2) is 11.5 Å². The van der Waals surface area contributed by atoms with Gasteiger partial charge in [0.2, 0.25) is 0 Å². The molecule has 0 radical (unpaired) electrons. The lowest BCUT2D eigenvalue weighted by atomic mass is 9.83. The van der Waals surface area contributed by atoms with E-state index in [0.717, 1.165) is 44.1 Å². The van der Waals surface area contributed by atoms with Crippen molar-refractivity contribution in [3.05, 3.63) is 47.6 Å². The van der Waals surface area contributed by atoms with Crippen molar-refractivity contribution in [3.8, 4) is 5.75 Å². The molecule has 1 aliphatic rings. The summed E-state index contributed by atoms with van der Waals surface area (Å²) in [5.41, 5.74) is -0.379. The number of methoxy groups -OCH3 is 1. The first-order valence-corrected chi connectivity index (χ1v) is 10.1. The molecule has 1 amide bonds. The Hall–Kier alpha value is -3.43. The normalized spacial score (nSPS) is 19.0. The molecule has 10 heteroatoms. The van der Waals surface area contributed by atoms with Crippen molar-refractivity contribution in [2.75, 3.05) is 12.4 Å². The number of oxazole rings is 1. The lowest BCUT2D eigenvalue weighted by Gasteiger charge is -2.22. The van der Waals surface area contributed by atoms with Gasteiger partial charge < -0.3 is 19.3 Å². The Morgan fingerprint density at radius 1 is 1.19 bits per heavy atom. The highest BCUT2D eigenvalue weighted by Crippen LogP contribution is 2.38. The Morgan fingerprint density at radius 3 is 2.59 bits per heavy atom. The SMILES string of the molecule is COc1cc2nc(C3CCC(C=O)CC3)oc2cc1NC(=O)c1cccc(C(F)(F)F)n1. The predicted molar refractivity (Wildman–Crippen MR) is 109 cm³/mol. The zero-order chi connectivity index (χ0) is 22.9. The molecule has 1 saturated carbocycles. The van der Waals surface area contributed by atoms with Crippen LogP contribution in [0.15, 0.2) is 34.7 Å². The predicted octanol–water partition coefficient (Wildman–Crippen LogP) is 4.98. The van der Waals surface area contributed by atoms with Crippen molar-refractivity contribution >= 4 is 29.0 Å². The molecular formula is C22H20F3N3O4. The maximum absolute atomic E-state index is 12.9. The van der Waals surface area contributed by atoms with E-state index in [4.69, 9.17) is 9.15 Å². The molecule has 3 aromatic rings. The number of carbonyl (C=O) groups is 2. The molecule has 4 rings (SSSR count). The number of nitrogens with one attached hydrogen (secondary N) is 1. The van der Waals surface area contributed by atoms with Crippen molar-refractivity contribution in [3.63, 3.8) is 0 Å². The highest BCUT2D eigenvalue weighted by atomic mass is 19.4. The number of hydrogen-bond donors (Lipinski definition) is 1. The van der Waals surface area contributed by atoms with Gasteiger partial charge in [-0.3, -0.25) is 4.79 Å². The number of amides is 1. The Morgan fingerprint density at radius 2 is 1.94 bits per heavy atom. The molecule has 0 spiro atoms. The minimum Gasteiger partial charge on any atom is -0.494 e. The number of aldehydes is 1. The molecule has 0 unspecified atom stereocenters. The Labute approximate surface area is 181 Å². The van der Waals surface area contributed by atoms with Gasteiger partial charge in [-0.15, -0.1) is 0 Å². The summed E-state index contributed by atoms with van der Waals surface area (Å²) >= 11 is 0. The molecule has 1 aliphatic carbocycles. The molecule has 2 heterocycles. The minimum atomic E-state index is -4.66. The number of ether oxygens (including phenoxy) is 1. The van der Waals surface area contributed by atoms with Crippen LogP contribution >= 0.6 is 0 Å². The third-order valence-electron chi connectivity index (χ3n) is 5.56. The summed E-state index contributed by atoms with van der Waals surface area (Å²) < 4.78 is 49.9. The second kappa shape index (κ2) is 8.60. The van der Waals surface area contributed by atoms with E-state index in [1.807, 2.05) is 0 Å². The lowest BCUT2D eigenvalue weighted by Crippen LogP contribution is -2.17. The molecule has 168 valence electrons. The summed E-state index contributed by atoms with van der Waals surface area (Å²) in [6.45, 7) is 0. The molecule has 2 aromatic heterocycles. The monoisotopic (exact) mass is 447 g/mol. The summed E-state index contributed by atoms with van der Waals surface area (Å²) in [5.74, 6) is 0.177. The van der Waals surface area contributed by atoms with Gasteiger partial charge in [0.25, 0.3) is 5.91 Å². The third kappa shape index (κ3) is 4.44. The number of rotatable bonds is 5. The molecule has 0 saturated heterocycles. The van der Waals surface area contributed by atoms with E-state index < -0.39 is 17.8 Å². The molecule has 1 N–H and O–H groups in total. The van der Waals surface area contributed by atoms with Gasteiger partial charge in [0.05, 0.1) is 12.8 Å². The molecule has 1 fully saturated rings. The summed E-state index contributed by atoms with van der Waals surface area (Å²) in [5, 5.41) is 2.53. The number of nitrogens with zero attached hydrogens (tertiary/aromatic N) is 2. The van der Waals surface area contributed by atoms with Crippen LogP contribution in [0.5, 0.6) is 5.75 Å². The second-order valence-corrected chi connectivity index (χ2v) is 7.68. The summed E-state index contributed by atoms with van der Waals surface area (Å²) in [6.07, 6.45) is -0.533. The smallest absolute Gasteiger partial charge is 0.433 e. The maximum Gasteiger partial charge on any atom is 0.433 e. The zero-order valence-electron chi connectivity index (χ0n) is 17.1. The summed E-state index contributed by atoms with van der Waals surface area (Å²) in [6, 6.07) is 6.22. The average Bonchev–Trinajstić information content (AvgIpc) is 3.21. The van der Waals surface area contributed by atoms with Crippen molar-refractivity contribution in [1.82, 2.24) is 9.97 Å². The second-order valence-electron chi connectivity index (χ2n) is 7.68. The van der Waals surface area contributed by atoms with E-state index in [0.29, 0.717) is 17.0 Å². The van der Waals surface area contributed by atoms with Crippen LogP contribution < -0.4 is 10.1 Å². The fourth-order valence-corrected chi connectivity index (χ4v) is 3.82. The largest absolute Gasteiger partial charge is 0.494 e. The summed E-state index contributed by atoms with van der Waals surface area (Å²) in [4.78, 5) is 31.4. The van der Waals surface area contributed by atoms with Crippen LogP contribution in [0.25, 0.3) is 11.1 Å². The molecule has 0 aliphatic heterocycles. The fourth-order valence-electron chi connectivity index (χ4n) is 3.82. The topological polar surface area (TPSA) is 94.3 Å². The Balaban J connectivity index is 1.59. The van der Waals surface area contributed by atoms with Crippen LogP contribution in [-0.4, -0.2) is 29.3 Å². The van der Waals surface area contributed by atoms with E-state index in [9.17, 15) is 22.8 Å². The number of aromatic nitrogens is 2. The first-order chi connectivity index (χ1) is 15.3. The number of carbonyl (C=O) groups excluding carboxylic acids is 2. The van der Waals surface area contributed by atoms with Gasteiger partial charge in [-0.05, 0) is 37.8 Å². The van der Waals surface area contributed by atoms with E-state index in [1.54, 1.807) is 6.07 Å². The van der Waals surface area contributed by atoms with E-state index in [2.05, 4.69) is 15.3 Å². The van der Waals surface area contributed by atoms with Crippen molar-refractivity contribution in [2.24, 2.45) is 5.92 Å². The highest BCUT2D eigenvalue weighted by molar-refractivity contribution is 6.04. The van der Waals surface area contributed by atoms with Crippen LogP contribution in [0, 0.1) is 5.92 Å². The maximum atomic E-state index is 12.9. The van der Waals surface area contributed by atoms with Gasteiger partial charge in [-0.25, -0.2) is 9.97 Å². The number of pyridine rings is 1. The number of fused-ring (bicyclic) bond motifs is 1. The van der Waals surface area contributed by atoms with Crippen LogP contribution in [0.4, 0.5) is 18.9 Å². The molecule has 7 nitrogen and oxygen atoms in total. The van der Waals surface area contributed by atoms with E-state index >= 15 is 0 Å². The van der Waals surface area contributed by atoms with Gasteiger partial charge in [-0.1, -0.05) is 6.07 Å². The number of alkyl halides is 3. The van der Waals surface area contributed by atoms with E-state index in [1.165, 1.54) is 19.2 Å². The van der Waals surface area contributed by atoms with Crippen LogP contribution in [0.2, 0.25) is 0 Å². The van der Waals surface area contributed by atoms with Crippen molar-refractivity contribution < 1.29 is 31.9 Å². The number of benzene rings is 1. The number of halogens is 3. The Kier molecular flexibility index (Phi) is 5.86. The standard InChI is InChI=1S/C22H20F3N3O4/c1-31-17-9-16-18(32-21(28-16)13-7-5-12(11-29)6-8-13)10-15(17)27-20(30)14-3-2-4-19(26-14)22(23,24)25/h2-4,9-13H,5-8H2,1H3,(H,27,30). The summed E-state index contributed by atoms with van der Waals surface area (Å²) in [7, 11) is 1.40. The number of anilines is 1. The zero-order valence-corrected chi connectivity index (χ0v) is 17.1. The lowest BCUT2D eigenvalue weighted by molar-refractivity contribution is -0.141. The van der Waals surface area contributed by atoms with Crippen LogP contribution in [0.3, 0.4) is 0 Å². The Bertz CT molecular complexity index is 1150. The number of hydrogen-bond acceptors (Lipinski definition) is 6. The average molecular weight is 447 g/mol. The fraction of sp³-hybridized carbons (Fsp3) is 0.364. The quantitative estimate of drug-likeness (QED) is 0.555. The van der Waals surface area contributed by atoms with Gasteiger partial charge in [0.1, 0.15) is 28.9 Å². The highest BCUT2D eigenvalue weighted by Gasteiger charge is 2.33. The van der Waals surface area contributed by atoms with Gasteiger partial charge >= 0.3 is 6.18 Å². The molecule has 32 heavy (non-hydrogen) atoms. The van der Waals surface area contributed by atoms with Gasteiger partial charge in [-0.2, -0.15) is 13.2 Å². The molecular weight excluding hydrogens is 427 g/mol. The van der Waals surface area contributed by atoms with Crippen LogP contribution in [-0.2, 0) is 11.0 Å².